The van der Waals surface area contributed by atoms with Crippen molar-refractivity contribution in [1.82, 2.24) is 24.7 Å². The molecule has 0 aromatic carbocycles. The van der Waals surface area contributed by atoms with Gasteiger partial charge in [0.15, 0.2) is 13.5 Å². The van der Waals surface area contributed by atoms with E-state index in [1.54, 1.807) is 25.4 Å². The highest BCUT2D eigenvalue weighted by molar-refractivity contribution is 6.43. The minimum Gasteiger partial charge on any atom is -0.481 e. The lowest BCUT2D eigenvalue weighted by Crippen LogP contribution is -2.60. The zero-order chi connectivity index (χ0) is 27.0. The smallest absolute Gasteiger partial charge is 0.224 e. The van der Waals surface area contributed by atoms with E-state index in [1.165, 1.54) is 6.20 Å². The summed E-state index contributed by atoms with van der Waals surface area (Å²) in [6.45, 7) is 6.34. The molecule has 4 aromatic heterocycles. The highest BCUT2D eigenvalue weighted by Gasteiger charge is 2.39. The first kappa shape index (κ1) is 26.5. The Morgan fingerprint density at radius 1 is 1.08 bits per heavy atom. The third-order valence-corrected chi connectivity index (χ3v) is 5.70. The fourth-order valence-electron chi connectivity index (χ4n) is 3.76. The minimum atomic E-state index is -2.84. The molecule has 13 heteroatoms. The molecule has 0 amide bonds. The number of fused-ring (bicyclic) bond motifs is 1. The number of nitrogens with zero attached hydrogens (tertiary/aromatic N) is 5. The molecule has 184 valence electrons. The lowest BCUT2D eigenvalue weighted by Gasteiger charge is -2.37. The van der Waals surface area contributed by atoms with E-state index in [0.717, 1.165) is 16.8 Å². The number of hydrogen-bond acceptors (Lipinski definition) is 9. The van der Waals surface area contributed by atoms with E-state index < -0.39 is 11.1 Å². The summed E-state index contributed by atoms with van der Waals surface area (Å²) in [4.78, 5) is 13.2. The molecule has 6 radical (unpaired) electrons. The fraction of sp³-hybridized carbons (Fsp3) is 0.333. The molecule has 10 nitrogen and oxygen atoms in total. The highest BCUT2D eigenvalue weighted by atomic mass is 16.6. The van der Waals surface area contributed by atoms with Gasteiger partial charge in [0, 0.05) is 35.9 Å². The summed E-state index contributed by atoms with van der Waals surface area (Å²) in [6.07, 6.45) is 3.09. The summed E-state index contributed by atoms with van der Waals surface area (Å²) in [6, 6.07) is 8.96. The van der Waals surface area contributed by atoms with E-state index >= 15 is 0 Å². The van der Waals surface area contributed by atoms with Crippen molar-refractivity contribution in [2.75, 3.05) is 12.4 Å². The molecule has 4 rings (SSSR count). The van der Waals surface area contributed by atoms with Crippen LogP contribution in [0, 0.1) is 6.92 Å². The van der Waals surface area contributed by atoms with E-state index in [-0.39, 0.29) is 11.9 Å². The van der Waals surface area contributed by atoms with Crippen LogP contribution in [0.15, 0.2) is 42.7 Å². The van der Waals surface area contributed by atoms with E-state index in [2.05, 4.69) is 15.3 Å². The van der Waals surface area contributed by atoms with E-state index in [1.807, 2.05) is 43.7 Å². The second kappa shape index (κ2) is 10.1. The zero-order valence-electron chi connectivity index (χ0n) is 21.0. The van der Waals surface area contributed by atoms with Crippen molar-refractivity contribution >= 4 is 40.3 Å². The summed E-state index contributed by atoms with van der Waals surface area (Å²) in [5.74, 6) is 0.373. The maximum Gasteiger partial charge on any atom is 0.224 e. The maximum atomic E-state index is 10.3. The average Bonchev–Trinajstić information content (AvgIpc) is 3.19. The number of nitrogens with one attached hydrogen (secondary N) is 1. The third kappa shape index (κ3) is 5.28. The van der Waals surface area contributed by atoms with Crippen LogP contribution >= 0.6 is 0 Å². The molecule has 1 atom stereocenters. The molecule has 1 unspecified atom stereocenters. The first-order valence-electron chi connectivity index (χ1n) is 11.5. The molecule has 0 fully saturated rings. The number of aryl methyl sites for hydroxylation is 1. The van der Waals surface area contributed by atoms with E-state index in [4.69, 9.17) is 43.1 Å². The Hall–Kier alpha value is -3.57. The summed E-state index contributed by atoms with van der Waals surface area (Å²) >= 11 is 0. The van der Waals surface area contributed by atoms with E-state index in [0.29, 0.717) is 34.9 Å². The topological polar surface area (TPSA) is 127 Å². The van der Waals surface area contributed by atoms with Gasteiger partial charge in [-0.1, -0.05) is 6.07 Å². The molecule has 0 spiro atoms. The summed E-state index contributed by atoms with van der Waals surface area (Å²) < 4.78 is 12.6. The standard InChI is InChI=1S/C24H25B3N6O4/c1-13(2)33-20-18(30-12-15-7-5-9-28-21(15)36-4)11-17(31-19(20)14(3)32-33)16-8-6-10-29-22(16)37-24(27,35)23(25,26)34/h5-11,13,34-35H,12H2,1-4H3,(H,30,31). The van der Waals surface area contributed by atoms with Crippen LogP contribution in [0.4, 0.5) is 5.69 Å². The second-order valence-corrected chi connectivity index (χ2v) is 8.88. The molecule has 3 N–H and O–H groups in total. The van der Waals surface area contributed by atoms with Gasteiger partial charge in [-0.05, 0) is 45.0 Å². The molecular formula is C24H25B3N6O4. The number of pyridine rings is 3. The summed E-state index contributed by atoms with van der Waals surface area (Å²) in [5.41, 5.74) is 1.73. The fourth-order valence-corrected chi connectivity index (χ4v) is 3.76. The lowest BCUT2D eigenvalue weighted by molar-refractivity contribution is -0.132. The van der Waals surface area contributed by atoms with Gasteiger partial charge >= 0.3 is 0 Å². The largest absolute Gasteiger partial charge is 0.481 e. The minimum absolute atomic E-state index is 0.0636. The highest BCUT2D eigenvalue weighted by Crippen LogP contribution is 2.36. The van der Waals surface area contributed by atoms with Crippen molar-refractivity contribution in [2.24, 2.45) is 0 Å². The Bertz CT molecular complexity index is 1420. The van der Waals surface area contributed by atoms with Crippen LogP contribution in [0.2, 0.25) is 0 Å². The van der Waals surface area contributed by atoms with Crippen LogP contribution < -0.4 is 14.8 Å². The van der Waals surface area contributed by atoms with Crippen molar-refractivity contribution in [1.29, 1.82) is 0 Å². The summed E-state index contributed by atoms with van der Waals surface area (Å²) in [5, 5.41) is 25.5. The first-order chi connectivity index (χ1) is 17.4. The number of hydrogen-bond donors (Lipinski definition) is 3. The molecule has 0 aliphatic heterocycles. The van der Waals surface area contributed by atoms with Gasteiger partial charge in [0.25, 0.3) is 0 Å². The number of ether oxygens (including phenoxy) is 2. The van der Waals surface area contributed by atoms with Gasteiger partial charge in [-0.2, -0.15) is 5.10 Å². The molecule has 0 bridgehead atoms. The van der Waals surface area contributed by atoms with Gasteiger partial charge in [0.2, 0.25) is 11.8 Å². The van der Waals surface area contributed by atoms with Crippen LogP contribution in [0.1, 0.15) is 31.1 Å². The number of methoxy groups -OCH3 is 1. The van der Waals surface area contributed by atoms with Crippen LogP contribution in [0.25, 0.3) is 22.3 Å². The molecule has 0 aliphatic rings. The predicted octanol–water partition coefficient (Wildman–Crippen LogP) is 1.57. The van der Waals surface area contributed by atoms with Crippen LogP contribution in [0.3, 0.4) is 0 Å². The molecule has 37 heavy (non-hydrogen) atoms. The number of aliphatic hydroxyl groups is 2. The monoisotopic (exact) mass is 494 g/mol. The van der Waals surface area contributed by atoms with Crippen molar-refractivity contribution in [3.05, 3.63) is 54.0 Å². The van der Waals surface area contributed by atoms with Crippen molar-refractivity contribution < 1.29 is 19.7 Å². The molecule has 0 saturated heterocycles. The van der Waals surface area contributed by atoms with Crippen LogP contribution in [-0.4, -0.2) is 76.7 Å². The second-order valence-electron chi connectivity index (χ2n) is 8.88. The van der Waals surface area contributed by atoms with Crippen molar-refractivity contribution in [3.63, 3.8) is 0 Å². The van der Waals surface area contributed by atoms with Crippen LogP contribution in [-0.2, 0) is 6.54 Å². The maximum absolute atomic E-state index is 10.3. The van der Waals surface area contributed by atoms with Crippen molar-refractivity contribution in [2.45, 2.75) is 44.4 Å². The quantitative estimate of drug-likeness (QED) is 0.235. The third-order valence-electron chi connectivity index (χ3n) is 5.70. The van der Waals surface area contributed by atoms with Crippen LogP contribution in [0.5, 0.6) is 11.8 Å². The molecule has 0 aliphatic carbocycles. The van der Waals surface area contributed by atoms with E-state index in [9.17, 15) is 10.2 Å². The first-order valence-corrected chi connectivity index (χ1v) is 11.5. The Balaban J connectivity index is 1.85. The molecular weight excluding hydrogens is 469 g/mol. The number of aromatic nitrogens is 5. The lowest BCUT2D eigenvalue weighted by atomic mass is 9.54. The Morgan fingerprint density at radius 3 is 2.41 bits per heavy atom. The SMILES string of the molecule is [B]C([B])(O)C([B])(O)Oc1ncccc1-c1cc(NCc2cccnc2OC)c2c(n1)c(C)nn2C(C)C. The zero-order valence-corrected chi connectivity index (χ0v) is 21.0. The number of anilines is 1. The van der Waals surface area contributed by atoms with Gasteiger partial charge in [-0.3, -0.25) is 4.68 Å². The molecule has 0 saturated carbocycles. The van der Waals surface area contributed by atoms with Gasteiger partial charge in [0.1, 0.15) is 26.7 Å². The van der Waals surface area contributed by atoms with Gasteiger partial charge in [-0.25, -0.2) is 15.0 Å². The average molecular weight is 494 g/mol. The Labute approximate surface area is 218 Å². The van der Waals surface area contributed by atoms with Gasteiger partial charge in [-0.15, -0.1) is 0 Å². The summed E-state index contributed by atoms with van der Waals surface area (Å²) in [7, 11) is 17.9. The Kier molecular flexibility index (Phi) is 7.21. The molecule has 4 aromatic rings. The number of rotatable bonds is 9. The van der Waals surface area contributed by atoms with Gasteiger partial charge < -0.3 is 25.0 Å². The van der Waals surface area contributed by atoms with Crippen molar-refractivity contribution in [3.8, 4) is 23.0 Å². The normalized spacial score (nSPS) is 13.5. The predicted molar refractivity (Wildman–Crippen MR) is 142 cm³/mol. The Morgan fingerprint density at radius 2 is 1.76 bits per heavy atom. The van der Waals surface area contributed by atoms with Gasteiger partial charge in [0.05, 0.1) is 29.7 Å². The molecule has 4 heterocycles.